The van der Waals surface area contributed by atoms with Crippen LogP contribution in [-0.4, -0.2) is 0 Å². The van der Waals surface area contributed by atoms with Crippen LogP contribution in [-0.2, 0) is 0 Å². The summed E-state index contributed by atoms with van der Waals surface area (Å²) in [7, 11) is 0. The lowest BCUT2D eigenvalue weighted by atomic mass is 10.1. The third-order valence-electron chi connectivity index (χ3n) is 1.70. The molecule has 0 aromatic heterocycles. The number of benzene rings is 1. The maximum Gasteiger partial charge on any atom is 0.0998 e. The number of allylic oxidation sites excluding steroid dienone is 1. The van der Waals surface area contributed by atoms with Gasteiger partial charge in [0.1, 0.15) is 0 Å². The minimum atomic E-state index is 0.343. The third-order valence-corrected chi connectivity index (χ3v) is 1.70. The molecule has 0 amide bonds. The Morgan fingerprint density at radius 2 is 2.14 bits per heavy atom. The summed E-state index contributed by atoms with van der Waals surface area (Å²) in [5, 5.41) is 17.1. The minimum absolute atomic E-state index is 0.343. The highest BCUT2D eigenvalue weighted by molar-refractivity contribution is 5.62. The quantitative estimate of drug-likeness (QED) is 0.713. The van der Waals surface area contributed by atoms with Crippen molar-refractivity contribution in [1.82, 2.24) is 0 Å². The molecular weight excluding hydrogens is 174 g/mol. The Kier molecular flexibility index (Phi) is 3.29. The van der Waals surface area contributed by atoms with Crippen LogP contribution in [0.4, 0.5) is 5.69 Å². The van der Waals surface area contributed by atoms with Crippen molar-refractivity contribution in [2.24, 2.45) is 0 Å². The van der Waals surface area contributed by atoms with Crippen molar-refractivity contribution in [3.05, 3.63) is 35.4 Å². The molecule has 0 fully saturated rings. The highest BCUT2D eigenvalue weighted by atomic mass is 14.5. The molecule has 68 valence electrons. The summed E-state index contributed by atoms with van der Waals surface area (Å²) in [5.41, 5.74) is 7.41. The molecule has 14 heavy (non-hydrogen) atoms. The van der Waals surface area contributed by atoms with Crippen molar-refractivity contribution in [2.45, 2.75) is 6.42 Å². The van der Waals surface area contributed by atoms with E-state index in [1.807, 2.05) is 12.1 Å². The second-order valence-electron chi connectivity index (χ2n) is 2.72. The van der Waals surface area contributed by atoms with Crippen molar-refractivity contribution >= 4 is 11.8 Å². The summed E-state index contributed by atoms with van der Waals surface area (Å²) in [4.78, 5) is 0. The van der Waals surface area contributed by atoms with E-state index < -0.39 is 0 Å². The Hall–Kier alpha value is -2.26. The zero-order valence-corrected chi connectivity index (χ0v) is 7.57. The van der Waals surface area contributed by atoms with Crippen LogP contribution in [0, 0.1) is 22.7 Å². The minimum Gasteiger partial charge on any atom is -0.399 e. The summed E-state index contributed by atoms with van der Waals surface area (Å²) in [5.74, 6) is 0. The van der Waals surface area contributed by atoms with Crippen molar-refractivity contribution in [3.8, 4) is 12.1 Å². The molecule has 0 aliphatic heterocycles. The predicted octanol–water partition coefficient (Wildman–Crippen LogP) is 2.07. The molecule has 0 saturated heterocycles. The number of hydrogen-bond acceptors (Lipinski definition) is 3. The molecule has 0 aliphatic rings. The van der Waals surface area contributed by atoms with Gasteiger partial charge >= 0.3 is 0 Å². The molecule has 0 aliphatic carbocycles. The Morgan fingerprint density at radius 3 is 2.79 bits per heavy atom. The summed E-state index contributed by atoms with van der Waals surface area (Å²) < 4.78 is 0. The number of nitrogens with two attached hydrogens (primary N) is 1. The molecular formula is C11H9N3. The topological polar surface area (TPSA) is 73.6 Å². The van der Waals surface area contributed by atoms with Gasteiger partial charge in [0, 0.05) is 5.69 Å². The number of rotatable bonds is 2. The molecule has 0 saturated carbocycles. The fourth-order valence-corrected chi connectivity index (χ4v) is 1.05. The zero-order chi connectivity index (χ0) is 10.4. The molecule has 0 heterocycles. The first kappa shape index (κ1) is 9.83. The van der Waals surface area contributed by atoms with E-state index in [1.54, 1.807) is 30.4 Å². The van der Waals surface area contributed by atoms with Crippen LogP contribution < -0.4 is 5.73 Å². The highest BCUT2D eigenvalue weighted by Crippen LogP contribution is 2.14. The van der Waals surface area contributed by atoms with Gasteiger partial charge in [0.25, 0.3) is 0 Å². The monoisotopic (exact) mass is 183 g/mol. The van der Waals surface area contributed by atoms with Crippen LogP contribution in [0.2, 0.25) is 0 Å². The van der Waals surface area contributed by atoms with Gasteiger partial charge in [-0.3, -0.25) is 0 Å². The second-order valence-corrected chi connectivity index (χ2v) is 2.72. The lowest BCUT2D eigenvalue weighted by Crippen LogP contribution is -1.88. The van der Waals surface area contributed by atoms with Crippen LogP contribution in [0.15, 0.2) is 24.3 Å². The van der Waals surface area contributed by atoms with Crippen molar-refractivity contribution < 1.29 is 0 Å². The van der Waals surface area contributed by atoms with E-state index >= 15 is 0 Å². The largest absolute Gasteiger partial charge is 0.399 e. The molecule has 1 aromatic carbocycles. The van der Waals surface area contributed by atoms with E-state index in [-0.39, 0.29) is 0 Å². The van der Waals surface area contributed by atoms with Crippen molar-refractivity contribution in [3.63, 3.8) is 0 Å². The van der Waals surface area contributed by atoms with E-state index in [9.17, 15) is 0 Å². The summed E-state index contributed by atoms with van der Waals surface area (Å²) in [6.45, 7) is 0. The standard InChI is InChI=1S/C11H9N3/c12-6-2-1-3-9-4-5-11(14)7-10(9)8-13/h1,3-5,7H,2,14H2. The van der Waals surface area contributed by atoms with Crippen LogP contribution in [0.25, 0.3) is 6.08 Å². The number of nitriles is 2. The number of anilines is 1. The van der Waals surface area contributed by atoms with Crippen LogP contribution >= 0.6 is 0 Å². The molecule has 0 spiro atoms. The van der Waals surface area contributed by atoms with Gasteiger partial charge in [0.2, 0.25) is 0 Å². The van der Waals surface area contributed by atoms with E-state index in [0.717, 1.165) is 5.56 Å². The average Bonchev–Trinajstić information content (AvgIpc) is 2.20. The van der Waals surface area contributed by atoms with Gasteiger partial charge < -0.3 is 5.73 Å². The Balaban J connectivity index is 2.99. The van der Waals surface area contributed by atoms with E-state index in [4.69, 9.17) is 16.3 Å². The van der Waals surface area contributed by atoms with Crippen molar-refractivity contribution in [2.75, 3.05) is 5.73 Å². The fraction of sp³-hybridized carbons (Fsp3) is 0.0909. The molecule has 0 atom stereocenters. The Bertz CT molecular complexity index is 433. The van der Waals surface area contributed by atoms with Gasteiger partial charge in [-0.2, -0.15) is 10.5 Å². The van der Waals surface area contributed by atoms with E-state index in [2.05, 4.69) is 0 Å². The van der Waals surface area contributed by atoms with Gasteiger partial charge in [-0.1, -0.05) is 18.2 Å². The zero-order valence-electron chi connectivity index (χ0n) is 7.57. The summed E-state index contributed by atoms with van der Waals surface area (Å²) >= 11 is 0. The molecule has 3 heteroatoms. The lowest BCUT2D eigenvalue weighted by Gasteiger charge is -1.98. The SMILES string of the molecule is N#CCC=Cc1ccc(N)cc1C#N. The second kappa shape index (κ2) is 4.69. The normalized spacial score (nSPS) is 9.57. The van der Waals surface area contributed by atoms with E-state index in [1.165, 1.54) is 0 Å². The number of nitrogens with zero attached hydrogens (tertiary/aromatic N) is 2. The predicted molar refractivity (Wildman–Crippen MR) is 54.8 cm³/mol. The molecule has 1 aromatic rings. The van der Waals surface area contributed by atoms with Gasteiger partial charge in [-0.25, -0.2) is 0 Å². The molecule has 0 bridgehead atoms. The molecule has 0 radical (unpaired) electrons. The summed E-state index contributed by atoms with van der Waals surface area (Å²) in [6.07, 6.45) is 3.81. The van der Waals surface area contributed by atoms with Crippen LogP contribution in [0.5, 0.6) is 0 Å². The maximum atomic E-state index is 8.79. The fourth-order valence-electron chi connectivity index (χ4n) is 1.05. The first-order valence-electron chi connectivity index (χ1n) is 4.11. The van der Waals surface area contributed by atoms with E-state index in [0.29, 0.717) is 17.7 Å². The molecule has 3 nitrogen and oxygen atoms in total. The van der Waals surface area contributed by atoms with Gasteiger partial charge in [-0.15, -0.1) is 0 Å². The van der Waals surface area contributed by atoms with Gasteiger partial charge in [-0.05, 0) is 17.7 Å². The van der Waals surface area contributed by atoms with Gasteiger partial charge in [0.05, 0.1) is 24.1 Å². The maximum absolute atomic E-state index is 8.79. The van der Waals surface area contributed by atoms with Crippen molar-refractivity contribution in [1.29, 1.82) is 10.5 Å². The lowest BCUT2D eigenvalue weighted by molar-refractivity contribution is 1.36. The molecule has 1 rings (SSSR count). The van der Waals surface area contributed by atoms with Crippen LogP contribution in [0.3, 0.4) is 0 Å². The molecule has 0 unspecified atom stereocenters. The Morgan fingerprint density at radius 1 is 1.36 bits per heavy atom. The molecule has 2 N–H and O–H groups in total. The Labute approximate surface area is 82.7 Å². The third kappa shape index (κ3) is 2.36. The average molecular weight is 183 g/mol. The summed E-state index contributed by atoms with van der Waals surface area (Å²) in [6, 6.07) is 9.15. The number of nitrogen functional groups attached to an aromatic ring is 1. The smallest absolute Gasteiger partial charge is 0.0998 e. The first-order chi connectivity index (χ1) is 6.77. The first-order valence-corrected chi connectivity index (χ1v) is 4.11. The highest BCUT2D eigenvalue weighted by Gasteiger charge is 1.97. The van der Waals surface area contributed by atoms with Gasteiger partial charge in [0.15, 0.2) is 0 Å². The van der Waals surface area contributed by atoms with Crippen LogP contribution in [0.1, 0.15) is 17.5 Å². The number of hydrogen-bond donors (Lipinski definition) is 1.